The van der Waals surface area contributed by atoms with Crippen molar-refractivity contribution in [1.82, 2.24) is 0 Å². The molecule has 3 aromatic rings. The number of carbonyl (C=O) groups excluding carboxylic acids is 1. The van der Waals surface area contributed by atoms with Gasteiger partial charge in [0, 0.05) is 6.42 Å². The molecule has 0 bridgehead atoms. The van der Waals surface area contributed by atoms with E-state index in [-0.39, 0.29) is 11.9 Å². The standard InChI is InChI=1S/C23H22O.C5H6O/c1-3-19(2)24-23(20-13-7-4-8-14-20,21-15-9-5-10-16-21)22-17-11-6-12-18-22;6-5-3-1-2-4-5/h3-19H,1H2,2H3;1,3H,2,4H2. The monoisotopic (exact) mass is 396 g/mol. The summed E-state index contributed by atoms with van der Waals surface area (Å²) in [6, 6.07) is 31.1. The predicted octanol–water partition coefficient (Wildman–Crippen LogP) is 6.48. The third-order valence-electron chi connectivity index (χ3n) is 5.10. The third-order valence-corrected chi connectivity index (χ3v) is 5.10. The Labute approximate surface area is 179 Å². The Morgan fingerprint density at radius 3 is 1.53 bits per heavy atom. The van der Waals surface area contributed by atoms with Crippen LogP contribution in [0.3, 0.4) is 0 Å². The van der Waals surface area contributed by atoms with Gasteiger partial charge in [-0.25, -0.2) is 0 Å². The Morgan fingerprint density at radius 2 is 1.27 bits per heavy atom. The summed E-state index contributed by atoms with van der Waals surface area (Å²) in [5.74, 6) is 0.273. The van der Waals surface area contributed by atoms with Crippen molar-refractivity contribution in [2.45, 2.75) is 31.5 Å². The third kappa shape index (κ3) is 5.03. The number of allylic oxidation sites excluding steroid dienone is 2. The maximum absolute atomic E-state index is 10.2. The van der Waals surface area contributed by atoms with Gasteiger partial charge >= 0.3 is 0 Å². The fourth-order valence-corrected chi connectivity index (χ4v) is 3.57. The molecule has 0 radical (unpaired) electrons. The molecule has 0 N–H and O–H groups in total. The van der Waals surface area contributed by atoms with Crippen molar-refractivity contribution in [3.63, 3.8) is 0 Å². The number of ketones is 1. The molecule has 0 saturated heterocycles. The van der Waals surface area contributed by atoms with Crippen LogP contribution in [0.2, 0.25) is 0 Å². The second-order valence-electron chi connectivity index (χ2n) is 7.25. The number of benzene rings is 3. The van der Waals surface area contributed by atoms with E-state index in [4.69, 9.17) is 4.74 Å². The highest BCUT2D eigenvalue weighted by Gasteiger charge is 2.38. The van der Waals surface area contributed by atoms with E-state index in [1.165, 1.54) is 0 Å². The first-order chi connectivity index (χ1) is 14.7. The molecule has 30 heavy (non-hydrogen) atoms. The maximum atomic E-state index is 10.2. The van der Waals surface area contributed by atoms with Crippen LogP contribution >= 0.6 is 0 Å². The molecule has 0 fully saturated rings. The molecule has 2 nitrogen and oxygen atoms in total. The van der Waals surface area contributed by atoms with Gasteiger partial charge < -0.3 is 4.74 Å². The Hall–Kier alpha value is -3.23. The van der Waals surface area contributed by atoms with Crippen LogP contribution in [0, 0.1) is 0 Å². The molecular formula is C28H28O2. The number of hydrogen-bond donors (Lipinski definition) is 0. The molecule has 1 aliphatic carbocycles. The van der Waals surface area contributed by atoms with Crippen LogP contribution in [-0.2, 0) is 15.1 Å². The van der Waals surface area contributed by atoms with Gasteiger partial charge in [0.1, 0.15) is 5.60 Å². The SMILES string of the molecule is C=CC(C)OC(c1ccccc1)(c1ccccc1)c1ccccc1.O=C1C=CCC1. The van der Waals surface area contributed by atoms with Crippen LogP contribution in [0.15, 0.2) is 116 Å². The summed E-state index contributed by atoms with van der Waals surface area (Å²) in [6.45, 7) is 5.93. The van der Waals surface area contributed by atoms with Crippen LogP contribution < -0.4 is 0 Å². The summed E-state index contributed by atoms with van der Waals surface area (Å²) in [4.78, 5) is 10.2. The largest absolute Gasteiger partial charge is 0.354 e. The van der Waals surface area contributed by atoms with Gasteiger partial charge in [-0.2, -0.15) is 0 Å². The lowest BCUT2D eigenvalue weighted by Crippen LogP contribution is -2.35. The van der Waals surface area contributed by atoms with Gasteiger partial charge in [0.25, 0.3) is 0 Å². The van der Waals surface area contributed by atoms with Crippen LogP contribution in [0.5, 0.6) is 0 Å². The Morgan fingerprint density at radius 1 is 0.833 bits per heavy atom. The molecule has 1 aliphatic rings. The molecule has 0 saturated carbocycles. The van der Waals surface area contributed by atoms with E-state index < -0.39 is 5.60 Å². The second kappa shape index (κ2) is 10.5. The average molecular weight is 397 g/mol. The van der Waals surface area contributed by atoms with E-state index in [2.05, 4.69) is 79.4 Å². The van der Waals surface area contributed by atoms with E-state index in [9.17, 15) is 4.79 Å². The second-order valence-corrected chi connectivity index (χ2v) is 7.25. The normalized spacial score (nSPS) is 14.0. The van der Waals surface area contributed by atoms with E-state index in [1.54, 1.807) is 6.08 Å². The summed E-state index contributed by atoms with van der Waals surface area (Å²) in [5.41, 5.74) is 2.65. The minimum Gasteiger partial charge on any atom is -0.354 e. The van der Waals surface area contributed by atoms with Crippen LogP contribution in [0.1, 0.15) is 36.5 Å². The smallest absolute Gasteiger partial charge is 0.155 e. The fourth-order valence-electron chi connectivity index (χ4n) is 3.57. The summed E-state index contributed by atoms with van der Waals surface area (Å²) < 4.78 is 6.63. The Kier molecular flexibility index (Phi) is 7.53. The van der Waals surface area contributed by atoms with Crippen molar-refractivity contribution in [2.75, 3.05) is 0 Å². The summed E-state index contributed by atoms with van der Waals surface area (Å²) >= 11 is 0. The first kappa shape index (κ1) is 21.5. The number of carbonyl (C=O) groups is 1. The molecule has 4 rings (SSSR count). The van der Waals surface area contributed by atoms with Gasteiger partial charge in [-0.1, -0.05) is 103 Å². The molecule has 1 unspecified atom stereocenters. The first-order valence-electron chi connectivity index (χ1n) is 10.3. The lowest BCUT2D eigenvalue weighted by Gasteiger charge is -2.37. The topological polar surface area (TPSA) is 26.3 Å². The van der Waals surface area contributed by atoms with Crippen LogP contribution in [0.4, 0.5) is 0 Å². The molecule has 0 spiro atoms. The molecule has 0 aromatic heterocycles. The fraction of sp³-hybridized carbons (Fsp3) is 0.179. The van der Waals surface area contributed by atoms with E-state index in [1.807, 2.05) is 37.3 Å². The van der Waals surface area contributed by atoms with Crippen molar-refractivity contribution < 1.29 is 9.53 Å². The van der Waals surface area contributed by atoms with Crippen molar-refractivity contribution >= 4 is 5.78 Å². The van der Waals surface area contributed by atoms with Crippen molar-refractivity contribution in [2.24, 2.45) is 0 Å². The van der Waals surface area contributed by atoms with Crippen LogP contribution in [0.25, 0.3) is 0 Å². The van der Waals surface area contributed by atoms with Crippen molar-refractivity contribution in [3.8, 4) is 0 Å². The quantitative estimate of drug-likeness (QED) is 0.352. The van der Waals surface area contributed by atoms with Crippen LogP contribution in [-0.4, -0.2) is 11.9 Å². The molecule has 1 atom stereocenters. The summed E-state index contributed by atoms with van der Waals surface area (Å²) in [7, 11) is 0. The summed E-state index contributed by atoms with van der Waals surface area (Å²) in [5, 5.41) is 0. The number of rotatable bonds is 6. The van der Waals surface area contributed by atoms with E-state index in [0.717, 1.165) is 29.5 Å². The van der Waals surface area contributed by atoms with Crippen molar-refractivity contribution in [3.05, 3.63) is 132 Å². The number of ether oxygens (including phenoxy) is 1. The highest BCUT2D eigenvalue weighted by Crippen LogP contribution is 2.41. The Bertz CT molecular complexity index is 863. The molecule has 152 valence electrons. The van der Waals surface area contributed by atoms with Gasteiger partial charge in [-0.05, 0) is 36.1 Å². The molecule has 0 aliphatic heterocycles. The molecular weight excluding hydrogens is 368 g/mol. The lowest BCUT2D eigenvalue weighted by atomic mass is 9.80. The van der Waals surface area contributed by atoms with Gasteiger partial charge in [0.05, 0.1) is 6.10 Å². The highest BCUT2D eigenvalue weighted by atomic mass is 16.5. The summed E-state index contributed by atoms with van der Waals surface area (Å²) in [6.07, 6.45) is 6.98. The molecule has 2 heteroatoms. The highest BCUT2D eigenvalue weighted by molar-refractivity contribution is 5.91. The van der Waals surface area contributed by atoms with Gasteiger partial charge in [-0.15, -0.1) is 6.58 Å². The first-order valence-corrected chi connectivity index (χ1v) is 10.3. The molecule has 3 aromatic carbocycles. The van der Waals surface area contributed by atoms with Gasteiger partial charge in [0.15, 0.2) is 5.78 Å². The van der Waals surface area contributed by atoms with E-state index >= 15 is 0 Å². The molecule has 0 heterocycles. The van der Waals surface area contributed by atoms with Gasteiger partial charge in [0.2, 0.25) is 0 Å². The average Bonchev–Trinajstić information content (AvgIpc) is 3.30. The zero-order valence-electron chi connectivity index (χ0n) is 17.4. The van der Waals surface area contributed by atoms with Crippen molar-refractivity contribution in [1.29, 1.82) is 0 Å². The predicted molar refractivity (Wildman–Crippen MR) is 123 cm³/mol. The molecule has 0 amide bonds. The van der Waals surface area contributed by atoms with E-state index in [0.29, 0.717) is 0 Å². The maximum Gasteiger partial charge on any atom is 0.155 e. The lowest BCUT2D eigenvalue weighted by molar-refractivity contribution is -0.114. The minimum atomic E-state index is -0.669. The Balaban J connectivity index is 0.000000367. The van der Waals surface area contributed by atoms with Gasteiger partial charge in [-0.3, -0.25) is 4.79 Å². The zero-order chi connectivity index (χ0) is 21.2. The minimum absolute atomic E-state index is 0.0920. The number of hydrogen-bond acceptors (Lipinski definition) is 2. The zero-order valence-corrected chi connectivity index (χ0v) is 17.4.